The summed E-state index contributed by atoms with van der Waals surface area (Å²) in [6.45, 7) is 4.40. The number of sulfonamides is 1. The van der Waals surface area contributed by atoms with E-state index in [0.29, 0.717) is 17.1 Å². The number of unbranched alkanes of at least 4 members (excludes halogenated alkanes) is 1. The van der Waals surface area contributed by atoms with E-state index in [1.165, 1.54) is 9.87 Å². The first-order valence-electron chi connectivity index (χ1n) is 7.76. The Bertz CT molecular complexity index is 679. The molecule has 0 spiro atoms. The van der Waals surface area contributed by atoms with Crippen LogP contribution < -0.4 is 4.31 Å². The number of hydrogen-bond acceptors (Lipinski definition) is 2. The van der Waals surface area contributed by atoms with E-state index < -0.39 is 10.0 Å². The third kappa shape index (κ3) is 3.69. The minimum atomic E-state index is -3.51. The average Bonchev–Trinajstić information content (AvgIpc) is 2.55. The van der Waals surface area contributed by atoms with Crippen molar-refractivity contribution < 1.29 is 8.42 Å². The van der Waals surface area contributed by atoms with Crippen LogP contribution in [0.25, 0.3) is 0 Å². The summed E-state index contributed by atoms with van der Waals surface area (Å²) >= 11 is 0. The number of nitrogens with zero attached hydrogens (tertiary/aromatic N) is 1. The van der Waals surface area contributed by atoms with Crippen molar-refractivity contribution in [2.24, 2.45) is 0 Å². The lowest BCUT2D eigenvalue weighted by molar-refractivity contribution is 0.592. The fraction of sp³-hybridized carbons (Fsp3) is 0.333. The molecular weight excluding hydrogens is 294 g/mol. The van der Waals surface area contributed by atoms with Crippen molar-refractivity contribution in [2.45, 2.75) is 38.0 Å². The zero-order valence-corrected chi connectivity index (χ0v) is 14.0. The maximum absolute atomic E-state index is 12.8. The first kappa shape index (κ1) is 16.6. The van der Waals surface area contributed by atoms with Crippen molar-refractivity contribution in [2.75, 3.05) is 10.8 Å². The van der Waals surface area contributed by atoms with E-state index in [0.717, 1.165) is 19.3 Å². The van der Waals surface area contributed by atoms with Crippen molar-refractivity contribution in [1.29, 1.82) is 0 Å². The molecule has 0 bridgehead atoms. The van der Waals surface area contributed by atoms with Gasteiger partial charge in [-0.1, -0.05) is 43.7 Å². The highest BCUT2D eigenvalue weighted by Crippen LogP contribution is 2.23. The molecule has 0 saturated carbocycles. The van der Waals surface area contributed by atoms with E-state index in [1.54, 1.807) is 12.1 Å². The summed E-state index contributed by atoms with van der Waals surface area (Å²) < 4.78 is 27.1. The second kappa shape index (κ2) is 7.45. The van der Waals surface area contributed by atoms with Gasteiger partial charge in [0.1, 0.15) is 0 Å². The lowest BCUT2D eigenvalue weighted by atomic mass is 10.1. The molecule has 0 fully saturated rings. The molecular formula is C18H23NO2S. The molecule has 2 aromatic carbocycles. The molecule has 0 unspecified atom stereocenters. The van der Waals surface area contributed by atoms with Crippen molar-refractivity contribution in [1.82, 2.24) is 0 Å². The molecule has 0 aliphatic carbocycles. The summed E-state index contributed by atoms with van der Waals surface area (Å²) in [7, 11) is -3.51. The largest absolute Gasteiger partial charge is 0.267 e. The second-order valence-electron chi connectivity index (χ2n) is 5.25. The summed E-state index contributed by atoms with van der Waals surface area (Å²) in [5.41, 5.74) is 1.88. The lowest BCUT2D eigenvalue weighted by Crippen LogP contribution is -2.30. The van der Waals surface area contributed by atoms with Crippen LogP contribution >= 0.6 is 0 Å². The third-order valence-electron chi connectivity index (χ3n) is 3.66. The normalized spacial score (nSPS) is 11.4. The number of benzene rings is 2. The van der Waals surface area contributed by atoms with Crippen LogP contribution in [0.2, 0.25) is 0 Å². The molecule has 0 radical (unpaired) electrons. The van der Waals surface area contributed by atoms with Gasteiger partial charge in [-0.25, -0.2) is 8.42 Å². The Labute approximate surface area is 133 Å². The molecule has 3 nitrogen and oxygen atoms in total. The van der Waals surface area contributed by atoms with Crippen molar-refractivity contribution in [3.8, 4) is 0 Å². The van der Waals surface area contributed by atoms with Crippen LogP contribution in [0.15, 0.2) is 59.5 Å². The van der Waals surface area contributed by atoms with Crippen LogP contribution in [0.3, 0.4) is 0 Å². The second-order valence-corrected chi connectivity index (χ2v) is 7.12. The van der Waals surface area contributed by atoms with Gasteiger partial charge in [-0.05, 0) is 49.6 Å². The van der Waals surface area contributed by atoms with E-state index >= 15 is 0 Å². The van der Waals surface area contributed by atoms with Gasteiger partial charge in [0.2, 0.25) is 0 Å². The summed E-state index contributed by atoms with van der Waals surface area (Å²) in [5, 5.41) is 0. The predicted octanol–water partition coefficient (Wildman–Crippen LogP) is 4.24. The summed E-state index contributed by atoms with van der Waals surface area (Å²) in [6, 6.07) is 16.5. The van der Waals surface area contributed by atoms with Crippen LogP contribution in [0, 0.1) is 0 Å². The van der Waals surface area contributed by atoms with Gasteiger partial charge >= 0.3 is 0 Å². The average molecular weight is 317 g/mol. The summed E-state index contributed by atoms with van der Waals surface area (Å²) in [6.07, 6.45) is 3.25. The van der Waals surface area contributed by atoms with E-state index in [-0.39, 0.29) is 0 Å². The van der Waals surface area contributed by atoms with E-state index in [1.807, 2.05) is 49.4 Å². The topological polar surface area (TPSA) is 37.4 Å². The predicted molar refractivity (Wildman–Crippen MR) is 91.7 cm³/mol. The van der Waals surface area contributed by atoms with E-state index in [2.05, 4.69) is 6.92 Å². The number of para-hydroxylation sites is 1. The highest BCUT2D eigenvalue weighted by molar-refractivity contribution is 7.92. The molecule has 4 heteroatoms. The molecule has 0 atom stereocenters. The molecule has 0 N–H and O–H groups in total. The smallest absolute Gasteiger partial charge is 0.264 e. The Hall–Kier alpha value is -1.81. The molecule has 2 aromatic rings. The van der Waals surface area contributed by atoms with Crippen molar-refractivity contribution >= 4 is 15.7 Å². The number of rotatable bonds is 7. The van der Waals surface area contributed by atoms with Gasteiger partial charge in [0.15, 0.2) is 0 Å². The van der Waals surface area contributed by atoms with Crippen LogP contribution in [0.1, 0.15) is 32.3 Å². The van der Waals surface area contributed by atoms with Crippen LogP contribution in [0.4, 0.5) is 5.69 Å². The fourth-order valence-corrected chi connectivity index (χ4v) is 3.90. The van der Waals surface area contributed by atoms with Gasteiger partial charge in [-0.3, -0.25) is 4.31 Å². The maximum Gasteiger partial charge on any atom is 0.264 e. The molecule has 2 rings (SSSR count). The molecule has 22 heavy (non-hydrogen) atoms. The zero-order chi connectivity index (χ0) is 16.0. The standard InChI is InChI=1S/C18H23NO2S/c1-3-5-9-16-12-14-18(15-13-16)22(20,21)19(4-2)17-10-7-6-8-11-17/h6-8,10-15H,3-5,9H2,1-2H3. The molecule has 0 aliphatic heterocycles. The molecule has 0 saturated heterocycles. The number of aryl methyl sites for hydroxylation is 1. The Morgan fingerprint density at radius 1 is 0.909 bits per heavy atom. The Morgan fingerprint density at radius 3 is 2.09 bits per heavy atom. The Balaban J connectivity index is 2.28. The van der Waals surface area contributed by atoms with Crippen LogP contribution in [0.5, 0.6) is 0 Å². The van der Waals surface area contributed by atoms with Crippen LogP contribution in [-0.4, -0.2) is 15.0 Å². The maximum atomic E-state index is 12.8. The minimum Gasteiger partial charge on any atom is -0.267 e. The van der Waals surface area contributed by atoms with Gasteiger partial charge in [0.05, 0.1) is 10.6 Å². The van der Waals surface area contributed by atoms with Gasteiger partial charge in [0.25, 0.3) is 10.0 Å². The SMILES string of the molecule is CCCCc1ccc(S(=O)(=O)N(CC)c2ccccc2)cc1. The number of hydrogen-bond donors (Lipinski definition) is 0. The molecule has 0 amide bonds. The number of anilines is 1. The van der Waals surface area contributed by atoms with E-state index in [9.17, 15) is 8.42 Å². The monoisotopic (exact) mass is 317 g/mol. The molecule has 0 aromatic heterocycles. The van der Waals surface area contributed by atoms with Gasteiger partial charge in [-0.15, -0.1) is 0 Å². The highest BCUT2D eigenvalue weighted by Gasteiger charge is 2.23. The minimum absolute atomic E-state index is 0.346. The van der Waals surface area contributed by atoms with Gasteiger partial charge in [0, 0.05) is 6.54 Å². The van der Waals surface area contributed by atoms with Crippen LogP contribution in [-0.2, 0) is 16.4 Å². The molecule has 118 valence electrons. The van der Waals surface area contributed by atoms with E-state index in [4.69, 9.17) is 0 Å². The van der Waals surface area contributed by atoms with Gasteiger partial charge < -0.3 is 0 Å². The van der Waals surface area contributed by atoms with Crippen molar-refractivity contribution in [3.05, 3.63) is 60.2 Å². The summed E-state index contributed by atoms with van der Waals surface area (Å²) in [5.74, 6) is 0. The molecule has 0 aliphatic rings. The Kier molecular flexibility index (Phi) is 5.61. The third-order valence-corrected chi connectivity index (χ3v) is 5.58. The first-order valence-corrected chi connectivity index (χ1v) is 9.20. The lowest BCUT2D eigenvalue weighted by Gasteiger charge is -2.23. The Morgan fingerprint density at radius 2 is 1.55 bits per heavy atom. The van der Waals surface area contributed by atoms with Gasteiger partial charge in [-0.2, -0.15) is 0 Å². The quantitative estimate of drug-likeness (QED) is 0.766. The first-order chi connectivity index (χ1) is 10.6. The zero-order valence-electron chi connectivity index (χ0n) is 13.2. The highest BCUT2D eigenvalue weighted by atomic mass is 32.2. The van der Waals surface area contributed by atoms with Crippen molar-refractivity contribution in [3.63, 3.8) is 0 Å². The molecule has 0 heterocycles. The fourth-order valence-electron chi connectivity index (χ4n) is 2.42. The summed E-state index contributed by atoms with van der Waals surface area (Å²) in [4.78, 5) is 0.346.